The summed E-state index contributed by atoms with van der Waals surface area (Å²) in [6, 6.07) is 1.89. The molecule has 0 bridgehead atoms. The molecule has 122 valence electrons. The van der Waals surface area contributed by atoms with Gasteiger partial charge in [-0.1, -0.05) is 11.8 Å². The van der Waals surface area contributed by atoms with Crippen LogP contribution < -0.4 is 0 Å². The molecule has 7 nitrogen and oxygen atoms in total. The fourth-order valence-corrected chi connectivity index (χ4v) is 2.97. The Morgan fingerprint density at radius 1 is 1.39 bits per heavy atom. The van der Waals surface area contributed by atoms with E-state index in [4.69, 9.17) is 4.74 Å². The molecule has 23 heavy (non-hydrogen) atoms. The Hall–Kier alpha value is -1.96. The van der Waals surface area contributed by atoms with Crippen LogP contribution in [0.2, 0.25) is 0 Å². The normalized spacial score (nSPS) is 19.7. The van der Waals surface area contributed by atoms with E-state index >= 15 is 0 Å². The molecule has 1 aliphatic rings. The van der Waals surface area contributed by atoms with E-state index in [0.717, 1.165) is 17.9 Å². The summed E-state index contributed by atoms with van der Waals surface area (Å²) in [6.45, 7) is 5.96. The molecule has 0 N–H and O–H groups in total. The molecule has 0 aromatic carbocycles. The number of carbonyl (C=O) groups excluding carboxylic acids is 1. The van der Waals surface area contributed by atoms with Crippen molar-refractivity contribution in [3.63, 3.8) is 0 Å². The van der Waals surface area contributed by atoms with E-state index in [-0.39, 0.29) is 17.8 Å². The van der Waals surface area contributed by atoms with Gasteiger partial charge in [-0.15, -0.1) is 5.10 Å². The second-order valence-corrected chi connectivity index (χ2v) is 6.23. The van der Waals surface area contributed by atoms with Crippen LogP contribution in [0.1, 0.15) is 36.6 Å². The zero-order chi connectivity index (χ0) is 16.6. The van der Waals surface area contributed by atoms with Crippen LogP contribution in [0.5, 0.6) is 0 Å². The predicted molar refractivity (Wildman–Crippen MR) is 85.7 cm³/mol. The second kappa shape index (κ2) is 6.27. The predicted octanol–water partition coefficient (Wildman–Crippen LogP) is 2.06. The first-order valence-electron chi connectivity index (χ1n) is 7.53. The number of hydrogen-bond acceptors (Lipinski definition) is 7. The largest absolute Gasteiger partial charge is 0.466 e. The summed E-state index contributed by atoms with van der Waals surface area (Å²) < 4.78 is 6.81. The first kappa shape index (κ1) is 15.9. The van der Waals surface area contributed by atoms with Gasteiger partial charge < -0.3 is 4.74 Å². The Kier molecular flexibility index (Phi) is 4.34. The maximum atomic E-state index is 11.9. The van der Waals surface area contributed by atoms with E-state index in [0.29, 0.717) is 23.4 Å². The van der Waals surface area contributed by atoms with Crippen LogP contribution in [-0.2, 0) is 9.53 Å². The molecule has 0 radical (unpaired) electrons. The van der Waals surface area contributed by atoms with Gasteiger partial charge in [0, 0.05) is 12.0 Å². The Morgan fingerprint density at radius 3 is 2.78 bits per heavy atom. The van der Waals surface area contributed by atoms with Gasteiger partial charge >= 0.3 is 5.97 Å². The van der Waals surface area contributed by atoms with Crippen molar-refractivity contribution in [3.8, 4) is 5.82 Å². The third kappa shape index (κ3) is 3.21. The summed E-state index contributed by atoms with van der Waals surface area (Å²) in [6.07, 6.45) is 2.70. The molecule has 8 heteroatoms. The summed E-state index contributed by atoms with van der Waals surface area (Å²) in [5.74, 6) is 2.03. The molecule has 1 fully saturated rings. The van der Waals surface area contributed by atoms with Crippen LogP contribution >= 0.6 is 11.8 Å². The quantitative estimate of drug-likeness (QED) is 0.470. The molecule has 1 aliphatic carbocycles. The third-order valence-electron chi connectivity index (χ3n) is 3.75. The summed E-state index contributed by atoms with van der Waals surface area (Å²) >= 11 is 1.47. The van der Waals surface area contributed by atoms with Gasteiger partial charge in [0.25, 0.3) is 0 Å². The number of rotatable bonds is 5. The average molecular weight is 333 g/mol. The molecule has 2 aromatic heterocycles. The lowest BCUT2D eigenvalue weighted by Crippen LogP contribution is -2.09. The molecular weight excluding hydrogens is 314 g/mol. The first-order valence-corrected chi connectivity index (χ1v) is 8.76. The molecule has 2 heterocycles. The number of carbonyl (C=O) groups is 1. The monoisotopic (exact) mass is 333 g/mol. The number of thioether (sulfide) groups is 1. The van der Waals surface area contributed by atoms with Crippen molar-refractivity contribution in [1.29, 1.82) is 0 Å². The number of esters is 1. The molecular formula is C15H19N5O2S. The Labute approximate surface area is 138 Å². The zero-order valence-electron chi connectivity index (χ0n) is 13.6. The molecule has 0 amide bonds. The topological polar surface area (TPSA) is 82.8 Å². The maximum absolute atomic E-state index is 11.9. The van der Waals surface area contributed by atoms with Crippen LogP contribution in [0.25, 0.3) is 5.82 Å². The van der Waals surface area contributed by atoms with Gasteiger partial charge in [-0.2, -0.15) is 4.68 Å². The van der Waals surface area contributed by atoms with Crippen molar-refractivity contribution < 1.29 is 9.53 Å². The number of aryl methyl sites for hydroxylation is 2. The van der Waals surface area contributed by atoms with Crippen molar-refractivity contribution >= 4 is 17.7 Å². The van der Waals surface area contributed by atoms with Crippen LogP contribution in [0, 0.1) is 19.8 Å². The summed E-state index contributed by atoms with van der Waals surface area (Å²) in [4.78, 5) is 25.2. The minimum atomic E-state index is -0.142. The number of aromatic nitrogens is 5. The van der Waals surface area contributed by atoms with E-state index in [2.05, 4.69) is 20.1 Å². The lowest BCUT2D eigenvalue weighted by atomic mass is 10.2. The van der Waals surface area contributed by atoms with Gasteiger partial charge in [0.05, 0.1) is 18.2 Å². The molecule has 0 saturated heterocycles. The average Bonchev–Trinajstić information content (AvgIpc) is 3.26. The maximum Gasteiger partial charge on any atom is 0.309 e. The van der Waals surface area contributed by atoms with Crippen LogP contribution in [-0.4, -0.2) is 43.6 Å². The summed E-state index contributed by atoms with van der Waals surface area (Å²) in [5.41, 5.74) is 0.866. The van der Waals surface area contributed by atoms with E-state index in [1.165, 1.54) is 11.8 Å². The minimum absolute atomic E-state index is 0.0917. The molecule has 0 aliphatic heterocycles. The van der Waals surface area contributed by atoms with Gasteiger partial charge in [-0.3, -0.25) is 4.79 Å². The third-order valence-corrected chi connectivity index (χ3v) is 4.29. The van der Waals surface area contributed by atoms with Crippen LogP contribution in [0.15, 0.2) is 11.2 Å². The van der Waals surface area contributed by atoms with Crippen molar-refractivity contribution in [2.45, 2.75) is 38.3 Å². The van der Waals surface area contributed by atoms with Gasteiger partial charge in [0.2, 0.25) is 0 Å². The van der Waals surface area contributed by atoms with Gasteiger partial charge in [-0.05, 0) is 33.4 Å². The summed E-state index contributed by atoms with van der Waals surface area (Å²) in [5, 5.41) is 5.04. The Morgan fingerprint density at radius 2 is 2.17 bits per heavy atom. The van der Waals surface area contributed by atoms with Crippen molar-refractivity contribution in [2.75, 3.05) is 12.9 Å². The molecule has 2 atom stereocenters. The van der Waals surface area contributed by atoms with Gasteiger partial charge in [-0.25, -0.2) is 15.0 Å². The van der Waals surface area contributed by atoms with Gasteiger partial charge in [0.1, 0.15) is 11.6 Å². The van der Waals surface area contributed by atoms with E-state index in [1.807, 2.05) is 33.1 Å². The van der Waals surface area contributed by atoms with Crippen LogP contribution in [0.4, 0.5) is 0 Å². The lowest BCUT2D eigenvalue weighted by molar-refractivity contribution is -0.144. The van der Waals surface area contributed by atoms with Gasteiger partial charge in [0.15, 0.2) is 11.0 Å². The highest BCUT2D eigenvalue weighted by Gasteiger charge is 2.46. The summed E-state index contributed by atoms with van der Waals surface area (Å²) in [7, 11) is 0. The molecule has 2 unspecified atom stereocenters. The SMILES string of the molecule is CCOC(=O)C1CC1c1cc(-n2nc(C)nc2C)nc(SC)n1. The van der Waals surface area contributed by atoms with Crippen molar-refractivity contribution in [3.05, 3.63) is 23.4 Å². The van der Waals surface area contributed by atoms with Crippen LogP contribution in [0.3, 0.4) is 0 Å². The molecule has 2 aromatic rings. The fraction of sp³-hybridized carbons (Fsp3) is 0.533. The Balaban J connectivity index is 1.92. The van der Waals surface area contributed by atoms with Crippen molar-refractivity contribution in [1.82, 2.24) is 24.7 Å². The lowest BCUT2D eigenvalue weighted by Gasteiger charge is -2.07. The highest BCUT2D eigenvalue weighted by Crippen LogP contribution is 2.47. The first-order chi connectivity index (χ1) is 11.0. The highest BCUT2D eigenvalue weighted by molar-refractivity contribution is 7.98. The van der Waals surface area contributed by atoms with E-state index in [9.17, 15) is 4.79 Å². The van der Waals surface area contributed by atoms with Crippen molar-refractivity contribution in [2.24, 2.45) is 5.92 Å². The Bertz CT molecular complexity index is 745. The molecule has 3 rings (SSSR count). The minimum Gasteiger partial charge on any atom is -0.466 e. The second-order valence-electron chi connectivity index (χ2n) is 5.46. The smallest absolute Gasteiger partial charge is 0.309 e. The molecule has 1 saturated carbocycles. The van der Waals surface area contributed by atoms with E-state index in [1.54, 1.807) is 4.68 Å². The number of hydrogen-bond donors (Lipinski definition) is 0. The zero-order valence-corrected chi connectivity index (χ0v) is 14.4. The molecule has 0 spiro atoms. The number of nitrogens with zero attached hydrogens (tertiary/aromatic N) is 5. The fourth-order valence-electron chi connectivity index (χ4n) is 2.59. The van der Waals surface area contributed by atoms with E-state index < -0.39 is 0 Å². The number of ether oxygens (including phenoxy) is 1. The highest BCUT2D eigenvalue weighted by atomic mass is 32.2. The standard InChI is InChI=1S/C15H19N5O2S/c1-5-22-14(21)11-6-10(11)12-7-13(18-15(17-12)23-4)20-9(3)16-8(2)19-20/h7,10-11H,5-6H2,1-4H3.